The molecule has 4 rings (SSSR count). The van der Waals surface area contributed by atoms with E-state index in [-0.39, 0.29) is 0 Å². The van der Waals surface area contributed by atoms with Crippen LogP contribution in [0.5, 0.6) is 11.5 Å². The molecule has 6 nitrogen and oxygen atoms in total. The maximum atomic E-state index is 8.76. The minimum absolute atomic E-state index is 0.513. The molecule has 30 heavy (non-hydrogen) atoms. The second kappa shape index (κ2) is 8.78. The fourth-order valence-electron chi connectivity index (χ4n) is 3.76. The number of fused-ring (bicyclic) bond motifs is 1. The van der Waals surface area contributed by atoms with Gasteiger partial charge in [-0.05, 0) is 35.8 Å². The summed E-state index contributed by atoms with van der Waals surface area (Å²) < 4.78 is 12.8. The van der Waals surface area contributed by atoms with E-state index in [1.807, 2.05) is 22.9 Å². The standard InChI is InChI=1S/C23H23ClN4O2/c1-29-21-14-22(30-2)19(24)13-18(21)20-15-28-11-6-17(12-23(28)26-20)16-4-9-27(10-5-16)8-3-7-25/h4,6,11-15H,3,5,8-10H2,1-2H3. The van der Waals surface area contributed by atoms with Crippen LogP contribution in [0.3, 0.4) is 0 Å². The van der Waals surface area contributed by atoms with Crippen LogP contribution in [-0.2, 0) is 0 Å². The van der Waals surface area contributed by atoms with E-state index < -0.39 is 0 Å². The Hall–Kier alpha value is -3.01. The summed E-state index contributed by atoms with van der Waals surface area (Å²) in [5.41, 5.74) is 4.97. The summed E-state index contributed by atoms with van der Waals surface area (Å²) in [6, 6.07) is 10.0. The molecule has 3 aromatic rings. The van der Waals surface area contributed by atoms with Gasteiger partial charge in [0.2, 0.25) is 0 Å². The average Bonchev–Trinajstić information content (AvgIpc) is 3.21. The van der Waals surface area contributed by atoms with Crippen molar-refractivity contribution >= 4 is 22.8 Å². The molecule has 0 N–H and O–H groups in total. The van der Waals surface area contributed by atoms with Crippen LogP contribution in [0.15, 0.2) is 42.7 Å². The minimum atomic E-state index is 0.513. The highest BCUT2D eigenvalue weighted by molar-refractivity contribution is 6.32. The third-order valence-electron chi connectivity index (χ3n) is 5.41. The molecule has 1 aliphatic rings. The lowest BCUT2D eigenvalue weighted by atomic mass is 10.0. The number of halogens is 1. The van der Waals surface area contributed by atoms with Crippen molar-refractivity contribution in [2.75, 3.05) is 33.9 Å². The Morgan fingerprint density at radius 2 is 2.03 bits per heavy atom. The lowest BCUT2D eigenvalue weighted by Gasteiger charge is -2.25. The summed E-state index contributed by atoms with van der Waals surface area (Å²) in [4.78, 5) is 7.11. The summed E-state index contributed by atoms with van der Waals surface area (Å²) in [6.07, 6.45) is 7.80. The number of aromatic nitrogens is 2. The van der Waals surface area contributed by atoms with E-state index in [1.165, 1.54) is 11.1 Å². The molecule has 0 saturated heterocycles. The second-order valence-corrected chi connectivity index (χ2v) is 7.59. The highest BCUT2D eigenvalue weighted by Gasteiger charge is 2.16. The molecular formula is C23H23ClN4O2. The lowest BCUT2D eigenvalue weighted by molar-refractivity contribution is 0.309. The molecule has 1 aromatic carbocycles. The van der Waals surface area contributed by atoms with E-state index in [2.05, 4.69) is 29.2 Å². The van der Waals surface area contributed by atoms with Gasteiger partial charge in [0.05, 0.1) is 31.0 Å². The predicted molar refractivity (Wildman–Crippen MR) is 118 cm³/mol. The number of imidazole rings is 1. The molecule has 0 unspecified atom stereocenters. The molecule has 0 amide bonds. The first kappa shape index (κ1) is 20.3. The van der Waals surface area contributed by atoms with Crippen LogP contribution in [0.2, 0.25) is 5.02 Å². The van der Waals surface area contributed by atoms with Gasteiger partial charge in [-0.25, -0.2) is 4.98 Å². The fourth-order valence-corrected chi connectivity index (χ4v) is 4.00. The maximum Gasteiger partial charge on any atom is 0.141 e. The zero-order valence-corrected chi connectivity index (χ0v) is 17.8. The van der Waals surface area contributed by atoms with Crippen LogP contribution in [-0.4, -0.2) is 48.1 Å². The number of rotatable bonds is 6. The number of pyridine rings is 1. The summed E-state index contributed by atoms with van der Waals surface area (Å²) in [7, 11) is 3.20. The summed E-state index contributed by atoms with van der Waals surface area (Å²) in [5, 5.41) is 9.28. The van der Waals surface area contributed by atoms with E-state index in [0.29, 0.717) is 22.9 Å². The Morgan fingerprint density at radius 3 is 2.73 bits per heavy atom. The smallest absolute Gasteiger partial charge is 0.141 e. The lowest BCUT2D eigenvalue weighted by Crippen LogP contribution is -2.29. The van der Waals surface area contributed by atoms with E-state index in [4.69, 9.17) is 31.3 Å². The van der Waals surface area contributed by atoms with Crippen molar-refractivity contribution in [1.29, 1.82) is 5.26 Å². The highest BCUT2D eigenvalue weighted by atomic mass is 35.5. The zero-order chi connectivity index (χ0) is 21.1. The first-order valence-electron chi connectivity index (χ1n) is 9.82. The third-order valence-corrected chi connectivity index (χ3v) is 5.71. The first-order valence-corrected chi connectivity index (χ1v) is 10.2. The molecule has 0 fully saturated rings. The first-order chi connectivity index (χ1) is 14.6. The highest BCUT2D eigenvalue weighted by Crippen LogP contribution is 2.38. The summed E-state index contributed by atoms with van der Waals surface area (Å²) in [6.45, 7) is 2.68. The van der Waals surface area contributed by atoms with Crippen LogP contribution in [0.25, 0.3) is 22.5 Å². The summed E-state index contributed by atoms with van der Waals surface area (Å²) >= 11 is 6.33. The molecule has 0 aliphatic carbocycles. The average molecular weight is 423 g/mol. The van der Waals surface area contributed by atoms with Gasteiger partial charge >= 0.3 is 0 Å². The summed E-state index contributed by atoms with van der Waals surface area (Å²) in [5.74, 6) is 1.23. The number of nitrogens with zero attached hydrogens (tertiary/aromatic N) is 4. The Labute approximate surface area is 180 Å². The largest absolute Gasteiger partial charge is 0.496 e. The van der Waals surface area contributed by atoms with E-state index in [1.54, 1.807) is 20.3 Å². The van der Waals surface area contributed by atoms with Crippen LogP contribution in [0.1, 0.15) is 18.4 Å². The van der Waals surface area contributed by atoms with Crippen molar-refractivity contribution < 1.29 is 9.47 Å². The molecule has 3 heterocycles. The quantitative estimate of drug-likeness (QED) is 0.577. The predicted octanol–water partition coefficient (Wildman–Crippen LogP) is 4.67. The van der Waals surface area contributed by atoms with Crippen molar-refractivity contribution in [1.82, 2.24) is 14.3 Å². The van der Waals surface area contributed by atoms with Crippen molar-refractivity contribution in [3.63, 3.8) is 0 Å². The topological polar surface area (TPSA) is 62.8 Å². The van der Waals surface area contributed by atoms with Gasteiger partial charge in [-0.15, -0.1) is 0 Å². The molecule has 0 atom stereocenters. The number of hydrogen-bond donors (Lipinski definition) is 0. The van der Waals surface area contributed by atoms with Gasteiger partial charge in [-0.1, -0.05) is 17.7 Å². The van der Waals surface area contributed by atoms with Crippen LogP contribution < -0.4 is 9.47 Å². The van der Waals surface area contributed by atoms with Crippen molar-refractivity contribution in [3.05, 3.63) is 53.3 Å². The Kier molecular flexibility index (Phi) is 5.93. The molecule has 7 heteroatoms. The number of hydrogen-bond acceptors (Lipinski definition) is 5. The van der Waals surface area contributed by atoms with Gasteiger partial charge in [0.1, 0.15) is 17.1 Å². The van der Waals surface area contributed by atoms with Gasteiger partial charge in [0, 0.05) is 50.1 Å². The maximum absolute atomic E-state index is 8.76. The molecular weight excluding hydrogens is 400 g/mol. The van der Waals surface area contributed by atoms with Crippen LogP contribution in [0, 0.1) is 11.3 Å². The van der Waals surface area contributed by atoms with Crippen LogP contribution >= 0.6 is 11.6 Å². The van der Waals surface area contributed by atoms with Gasteiger partial charge in [-0.2, -0.15) is 5.26 Å². The molecule has 0 bridgehead atoms. The number of nitriles is 1. The number of benzene rings is 1. The van der Waals surface area contributed by atoms with E-state index in [9.17, 15) is 0 Å². The monoisotopic (exact) mass is 422 g/mol. The zero-order valence-electron chi connectivity index (χ0n) is 17.1. The molecule has 1 aliphatic heterocycles. The van der Waals surface area contributed by atoms with Crippen molar-refractivity contribution in [2.24, 2.45) is 0 Å². The van der Waals surface area contributed by atoms with Crippen LogP contribution in [0.4, 0.5) is 0 Å². The number of ether oxygens (including phenoxy) is 2. The normalized spacial score (nSPS) is 14.4. The molecule has 154 valence electrons. The Balaban J connectivity index is 1.64. The Morgan fingerprint density at radius 1 is 1.20 bits per heavy atom. The van der Waals surface area contributed by atoms with Crippen molar-refractivity contribution in [3.8, 4) is 28.8 Å². The molecule has 0 saturated carbocycles. The fraction of sp³-hybridized carbons (Fsp3) is 0.304. The van der Waals surface area contributed by atoms with Gasteiger partial charge in [0.25, 0.3) is 0 Å². The third kappa shape index (κ3) is 4.00. The minimum Gasteiger partial charge on any atom is -0.496 e. The second-order valence-electron chi connectivity index (χ2n) is 7.18. The van der Waals surface area contributed by atoms with Gasteiger partial charge < -0.3 is 13.9 Å². The molecule has 2 aromatic heterocycles. The van der Waals surface area contributed by atoms with Gasteiger partial charge in [-0.3, -0.25) is 4.90 Å². The SMILES string of the molecule is COc1cc(OC)c(-c2cn3ccc(C4=CCN(CCC#N)CC4)cc3n2)cc1Cl. The molecule has 0 spiro atoms. The molecule has 0 radical (unpaired) electrons. The van der Waals surface area contributed by atoms with Crippen molar-refractivity contribution in [2.45, 2.75) is 12.8 Å². The van der Waals surface area contributed by atoms with E-state index in [0.717, 1.165) is 43.0 Å². The number of methoxy groups -OCH3 is 2. The van der Waals surface area contributed by atoms with E-state index >= 15 is 0 Å². The Bertz CT molecular complexity index is 1150. The van der Waals surface area contributed by atoms with Gasteiger partial charge in [0.15, 0.2) is 0 Å².